The van der Waals surface area contributed by atoms with E-state index in [0.29, 0.717) is 25.3 Å². The lowest BCUT2D eigenvalue weighted by atomic mass is 10.0. The van der Waals surface area contributed by atoms with Crippen molar-refractivity contribution >= 4 is 16.8 Å². The first-order valence-corrected chi connectivity index (χ1v) is 9.35. The van der Waals surface area contributed by atoms with Crippen LogP contribution in [-0.2, 0) is 4.74 Å². The lowest BCUT2D eigenvalue weighted by molar-refractivity contribution is -0.00258. The number of hydrogen-bond acceptors (Lipinski definition) is 3. The van der Waals surface area contributed by atoms with Crippen LogP contribution in [0.25, 0.3) is 22.0 Å². The molecule has 6 heteroatoms. The average molecular weight is 372 g/mol. The van der Waals surface area contributed by atoms with Gasteiger partial charge in [0, 0.05) is 35.4 Å². The number of benzene rings is 2. The molecule has 0 radical (unpaired) electrons. The van der Waals surface area contributed by atoms with Crippen LogP contribution in [0.2, 0.25) is 0 Å². The van der Waals surface area contributed by atoms with Crippen molar-refractivity contribution in [2.45, 2.75) is 6.04 Å². The van der Waals surface area contributed by atoms with E-state index in [-0.39, 0.29) is 11.9 Å². The molecule has 0 spiro atoms. The Morgan fingerprint density at radius 3 is 2.82 bits per heavy atom. The Balaban J connectivity index is 1.49. The number of ether oxygens (including phenoxy) is 1. The Kier molecular flexibility index (Phi) is 4.18. The molecular weight excluding hydrogens is 352 g/mol. The van der Waals surface area contributed by atoms with Gasteiger partial charge in [-0.1, -0.05) is 42.5 Å². The van der Waals surface area contributed by atoms with Crippen LogP contribution >= 0.6 is 0 Å². The summed E-state index contributed by atoms with van der Waals surface area (Å²) in [5.74, 6) is 0.0273. The first-order chi connectivity index (χ1) is 13.8. The lowest BCUT2D eigenvalue weighted by Gasteiger charge is -2.36. The van der Waals surface area contributed by atoms with Crippen molar-refractivity contribution in [2.24, 2.45) is 0 Å². The van der Waals surface area contributed by atoms with E-state index in [9.17, 15) is 4.79 Å². The third-order valence-electron chi connectivity index (χ3n) is 5.32. The van der Waals surface area contributed by atoms with Gasteiger partial charge in [-0.15, -0.1) is 0 Å². The van der Waals surface area contributed by atoms with Crippen LogP contribution in [0.5, 0.6) is 0 Å². The molecule has 28 heavy (non-hydrogen) atoms. The van der Waals surface area contributed by atoms with Crippen molar-refractivity contribution in [1.29, 1.82) is 0 Å². The quantitative estimate of drug-likeness (QED) is 0.575. The molecule has 5 rings (SSSR count). The van der Waals surface area contributed by atoms with Gasteiger partial charge in [0.15, 0.2) is 0 Å². The molecule has 0 aliphatic carbocycles. The monoisotopic (exact) mass is 372 g/mol. The van der Waals surface area contributed by atoms with Gasteiger partial charge in [-0.25, -0.2) is 0 Å². The molecule has 2 aromatic heterocycles. The molecule has 1 amide bonds. The van der Waals surface area contributed by atoms with Crippen LogP contribution in [0.15, 0.2) is 67.1 Å². The molecule has 140 valence electrons. The van der Waals surface area contributed by atoms with Crippen molar-refractivity contribution in [3.8, 4) is 11.1 Å². The maximum Gasteiger partial charge on any atom is 0.256 e. The molecule has 2 aromatic carbocycles. The number of aromatic amines is 2. The highest BCUT2D eigenvalue weighted by molar-refractivity contribution is 6.07. The second-order valence-electron chi connectivity index (χ2n) is 6.95. The van der Waals surface area contributed by atoms with E-state index in [4.69, 9.17) is 4.74 Å². The molecule has 0 unspecified atom stereocenters. The number of hydrogen-bond donors (Lipinski definition) is 2. The van der Waals surface area contributed by atoms with Gasteiger partial charge in [-0.2, -0.15) is 5.10 Å². The summed E-state index contributed by atoms with van der Waals surface area (Å²) in [6.07, 6.45) is 5.45. The van der Waals surface area contributed by atoms with E-state index in [1.165, 1.54) is 0 Å². The largest absolute Gasteiger partial charge is 0.377 e. The summed E-state index contributed by atoms with van der Waals surface area (Å²) in [4.78, 5) is 18.6. The molecule has 0 bridgehead atoms. The molecule has 1 aliphatic heterocycles. The maximum atomic E-state index is 13.4. The van der Waals surface area contributed by atoms with Crippen molar-refractivity contribution in [3.05, 3.63) is 78.2 Å². The summed E-state index contributed by atoms with van der Waals surface area (Å²) in [5.41, 5.74) is 4.79. The summed E-state index contributed by atoms with van der Waals surface area (Å²) < 4.78 is 5.67. The number of H-pyrrole nitrogens is 2. The van der Waals surface area contributed by atoms with Crippen LogP contribution in [-0.4, -0.2) is 45.7 Å². The zero-order valence-electron chi connectivity index (χ0n) is 15.3. The van der Waals surface area contributed by atoms with Crippen molar-refractivity contribution in [3.63, 3.8) is 0 Å². The minimum absolute atomic E-state index is 0.0273. The second-order valence-corrected chi connectivity index (χ2v) is 6.95. The molecule has 3 heterocycles. The fraction of sp³-hybridized carbons (Fsp3) is 0.182. The summed E-state index contributed by atoms with van der Waals surface area (Å²) in [6, 6.07) is 16.1. The predicted octanol–water partition coefficient (Wildman–Crippen LogP) is 3.77. The smallest absolute Gasteiger partial charge is 0.256 e. The second kappa shape index (κ2) is 6.98. The van der Waals surface area contributed by atoms with Gasteiger partial charge in [0.05, 0.1) is 31.0 Å². The topological polar surface area (TPSA) is 74.0 Å². The van der Waals surface area contributed by atoms with E-state index < -0.39 is 0 Å². The number of amides is 1. The van der Waals surface area contributed by atoms with Crippen molar-refractivity contribution in [2.75, 3.05) is 19.8 Å². The van der Waals surface area contributed by atoms with E-state index in [0.717, 1.165) is 27.6 Å². The Hall–Kier alpha value is -3.38. The standard InChI is InChI=1S/C22H20N4O2/c27-22(26-8-9-28-14-21(26)15-4-2-1-3-5-15)19-13-23-20-10-16(6-7-18(19)20)17-11-24-25-12-17/h1-7,10-13,21,23H,8-9,14H2,(H,24,25)/t21-/m1/s1. The lowest BCUT2D eigenvalue weighted by Crippen LogP contribution is -2.43. The van der Waals surface area contributed by atoms with Gasteiger partial charge in [-0.3, -0.25) is 9.89 Å². The summed E-state index contributed by atoms with van der Waals surface area (Å²) in [7, 11) is 0. The summed E-state index contributed by atoms with van der Waals surface area (Å²) >= 11 is 0. The third-order valence-corrected chi connectivity index (χ3v) is 5.32. The molecule has 1 aliphatic rings. The number of nitrogens with one attached hydrogen (secondary N) is 2. The number of carbonyl (C=O) groups excluding carboxylic acids is 1. The van der Waals surface area contributed by atoms with Gasteiger partial charge in [0.25, 0.3) is 5.91 Å². The van der Waals surface area contributed by atoms with Crippen molar-refractivity contribution < 1.29 is 9.53 Å². The van der Waals surface area contributed by atoms with Crippen LogP contribution in [0.1, 0.15) is 22.0 Å². The van der Waals surface area contributed by atoms with E-state index >= 15 is 0 Å². The molecule has 2 N–H and O–H groups in total. The Labute approximate surface area is 162 Å². The third kappa shape index (κ3) is 2.88. The van der Waals surface area contributed by atoms with Gasteiger partial charge < -0.3 is 14.6 Å². The molecular formula is C22H20N4O2. The fourth-order valence-corrected chi connectivity index (χ4v) is 3.84. The molecule has 1 atom stereocenters. The number of morpholine rings is 1. The fourth-order valence-electron chi connectivity index (χ4n) is 3.84. The highest BCUT2D eigenvalue weighted by Gasteiger charge is 2.30. The minimum atomic E-state index is -0.0717. The number of aromatic nitrogens is 3. The summed E-state index contributed by atoms with van der Waals surface area (Å²) in [5, 5.41) is 7.76. The first kappa shape index (κ1) is 16.8. The average Bonchev–Trinajstić information content (AvgIpc) is 3.43. The van der Waals surface area contributed by atoms with E-state index in [1.807, 2.05) is 65.8 Å². The minimum Gasteiger partial charge on any atom is -0.377 e. The number of fused-ring (bicyclic) bond motifs is 1. The molecule has 1 fully saturated rings. The van der Waals surface area contributed by atoms with Crippen LogP contribution in [0.4, 0.5) is 0 Å². The number of nitrogens with zero attached hydrogens (tertiary/aromatic N) is 2. The summed E-state index contributed by atoms with van der Waals surface area (Å²) in [6.45, 7) is 1.66. The molecule has 6 nitrogen and oxygen atoms in total. The highest BCUT2D eigenvalue weighted by atomic mass is 16.5. The maximum absolute atomic E-state index is 13.4. The van der Waals surface area contributed by atoms with Gasteiger partial charge >= 0.3 is 0 Å². The molecule has 4 aromatic rings. The van der Waals surface area contributed by atoms with Crippen LogP contribution in [0.3, 0.4) is 0 Å². The van der Waals surface area contributed by atoms with E-state index in [2.05, 4.69) is 15.2 Å². The van der Waals surface area contributed by atoms with Crippen molar-refractivity contribution in [1.82, 2.24) is 20.1 Å². The molecule has 0 saturated carbocycles. The Morgan fingerprint density at radius 1 is 1.11 bits per heavy atom. The zero-order valence-corrected chi connectivity index (χ0v) is 15.3. The normalized spacial score (nSPS) is 17.1. The van der Waals surface area contributed by atoms with Crippen LogP contribution in [0, 0.1) is 0 Å². The molecule has 1 saturated heterocycles. The van der Waals surface area contributed by atoms with Gasteiger partial charge in [0.1, 0.15) is 0 Å². The highest BCUT2D eigenvalue weighted by Crippen LogP contribution is 2.30. The first-order valence-electron chi connectivity index (χ1n) is 9.35. The van der Waals surface area contributed by atoms with Gasteiger partial charge in [-0.05, 0) is 17.2 Å². The van der Waals surface area contributed by atoms with Gasteiger partial charge in [0.2, 0.25) is 0 Å². The van der Waals surface area contributed by atoms with Crippen LogP contribution < -0.4 is 0 Å². The predicted molar refractivity (Wildman–Crippen MR) is 107 cm³/mol. The Bertz CT molecular complexity index is 1100. The number of carbonyl (C=O) groups is 1. The Morgan fingerprint density at radius 2 is 2.00 bits per heavy atom. The zero-order chi connectivity index (χ0) is 18.9. The van der Waals surface area contributed by atoms with E-state index in [1.54, 1.807) is 6.20 Å². The SMILES string of the molecule is O=C(c1c[nH]c2cc(-c3cn[nH]c3)ccc12)N1CCOC[C@@H]1c1ccccc1. The number of rotatable bonds is 3.